The Hall–Kier alpha value is -3.19. The van der Waals surface area contributed by atoms with Gasteiger partial charge in [0.25, 0.3) is 0 Å². The second-order valence-electron chi connectivity index (χ2n) is 9.23. The predicted octanol–water partition coefficient (Wildman–Crippen LogP) is 6.32. The molecule has 1 aliphatic rings. The van der Waals surface area contributed by atoms with Crippen molar-refractivity contribution in [3.8, 4) is 16.9 Å². The molecule has 0 unspecified atom stereocenters. The monoisotopic (exact) mass is 505 g/mol. The number of likely N-dealkylation sites (tertiary alicyclic amines) is 1. The highest BCUT2D eigenvalue weighted by Crippen LogP contribution is 2.31. The first-order valence-electron chi connectivity index (χ1n) is 12.8. The molecule has 7 heteroatoms. The van der Waals surface area contributed by atoms with Crippen LogP contribution in [0.3, 0.4) is 0 Å². The van der Waals surface area contributed by atoms with Gasteiger partial charge in [-0.25, -0.2) is 9.78 Å². The van der Waals surface area contributed by atoms with E-state index < -0.39 is 0 Å². The van der Waals surface area contributed by atoms with Gasteiger partial charge in [0.05, 0.1) is 12.1 Å². The van der Waals surface area contributed by atoms with Crippen molar-refractivity contribution < 1.29 is 14.3 Å². The summed E-state index contributed by atoms with van der Waals surface area (Å²) < 4.78 is 5.44. The van der Waals surface area contributed by atoms with Crippen LogP contribution in [0.1, 0.15) is 66.0 Å². The van der Waals surface area contributed by atoms with E-state index in [0.29, 0.717) is 24.6 Å². The molecule has 0 radical (unpaired) electrons. The number of ether oxygens (including phenoxy) is 1. The number of urea groups is 1. The highest BCUT2D eigenvalue weighted by molar-refractivity contribution is 7.09. The molecule has 36 heavy (non-hydrogen) atoms. The number of aryl methyl sites for hydroxylation is 1. The molecule has 2 amide bonds. The van der Waals surface area contributed by atoms with Crippen LogP contribution in [0.2, 0.25) is 0 Å². The Morgan fingerprint density at radius 2 is 1.92 bits per heavy atom. The van der Waals surface area contributed by atoms with Crippen LogP contribution in [0, 0.1) is 0 Å². The first-order valence-corrected chi connectivity index (χ1v) is 13.7. The van der Waals surface area contributed by atoms with Crippen molar-refractivity contribution in [1.29, 1.82) is 0 Å². The number of piperidine rings is 1. The van der Waals surface area contributed by atoms with E-state index in [1.807, 2.05) is 34.5 Å². The quantitative estimate of drug-likeness (QED) is 0.327. The molecule has 1 fully saturated rings. The molecule has 1 N–H and O–H groups in total. The lowest BCUT2D eigenvalue weighted by Crippen LogP contribution is -2.44. The summed E-state index contributed by atoms with van der Waals surface area (Å²) in [7, 11) is 1.68. The number of ketones is 1. The van der Waals surface area contributed by atoms with Gasteiger partial charge in [0.15, 0.2) is 5.78 Å². The van der Waals surface area contributed by atoms with Crippen LogP contribution in [0.4, 0.5) is 4.79 Å². The highest BCUT2D eigenvalue weighted by atomic mass is 32.1. The van der Waals surface area contributed by atoms with E-state index in [4.69, 9.17) is 9.72 Å². The zero-order chi connectivity index (χ0) is 25.3. The standard InChI is InChI=1S/C29H35N3O3S/c1-3-16-30-29(34)32-17-14-22(15-18-32)28-31-26(20-36-28)27(33)11-7-10-23-19-24(35-2)12-13-25(23)21-8-5-4-6-9-21/h4-6,8-9,12-13,19-20,22H,3,7,10-11,14-18H2,1-2H3,(H,30,34). The van der Waals surface area contributed by atoms with Crippen LogP contribution >= 0.6 is 11.3 Å². The first-order chi connectivity index (χ1) is 17.6. The maximum atomic E-state index is 12.9. The third-order valence-electron chi connectivity index (χ3n) is 6.71. The van der Waals surface area contributed by atoms with Gasteiger partial charge in [0.2, 0.25) is 0 Å². The molecule has 190 valence electrons. The van der Waals surface area contributed by atoms with Crippen LogP contribution < -0.4 is 10.1 Å². The molecule has 2 aromatic carbocycles. The van der Waals surface area contributed by atoms with Crippen molar-refractivity contribution >= 4 is 23.2 Å². The first kappa shape index (κ1) is 25.9. The van der Waals surface area contributed by atoms with Crippen LogP contribution in [-0.4, -0.2) is 48.4 Å². The fourth-order valence-electron chi connectivity index (χ4n) is 4.65. The van der Waals surface area contributed by atoms with Gasteiger partial charge in [0, 0.05) is 37.4 Å². The number of benzene rings is 2. The second-order valence-corrected chi connectivity index (χ2v) is 10.1. The van der Waals surface area contributed by atoms with Crippen molar-refractivity contribution in [3.05, 3.63) is 70.2 Å². The lowest BCUT2D eigenvalue weighted by molar-refractivity contribution is 0.0976. The zero-order valence-corrected chi connectivity index (χ0v) is 22.0. The number of Topliss-reactive ketones (excluding diaryl/α,β-unsaturated/α-hetero) is 1. The Morgan fingerprint density at radius 1 is 1.14 bits per heavy atom. The van der Waals surface area contributed by atoms with E-state index in [-0.39, 0.29) is 11.8 Å². The van der Waals surface area contributed by atoms with Gasteiger partial charge in [-0.1, -0.05) is 43.3 Å². The maximum Gasteiger partial charge on any atom is 0.317 e. The number of hydrogen-bond donors (Lipinski definition) is 1. The normalized spacial score (nSPS) is 14.0. The highest BCUT2D eigenvalue weighted by Gasteiger charge is 2.26. The average Bonchev–Trinajstić information content (AvgIpc) is 3.43. The fourth-order valence-corrected chi connectivity index (χ4v) is 5.64. The molecular formula is C29H35N3O3S. The number of nitrogens with zero attached hydrogens (tertiary/aromatic N) is 2. The van der Waals surface area contributed by atoms with E-state index in [1.165, 1.54) is 16.7 Å². The summed E-state index contributed by atoms with van der Waals surface area (Å²) in [5.41, 5.74) is 4.10. The number of aromatic nitrogens is 1. The van der Waals surface area contributed by atoms with Gasteiger partial charge in [-0.3, -0.25) is 4.79 Å². The molecule has 1 saturated heterocycles. The third kappa shape index (κ3) is 6.52. The van der Waals surface area contributed by atoms with Gasteiger partial charge < -0.3 is 15.0 Å². The molecule has 3 aromatic rings. The minimum atomic E-state index is 0.0248. The molecule has 2 heterocycles. The number of hydrogen-bond acceptors (Lipinski definition) is 5. The number of thiazole rings is 1. The topological polar surface area (TPSA) is 71.5 Å². The predicted molar refractivity (Wildman–Crippen MR) is 145 cm³/mol. The Bertz CT molecular complexity index is 1150. The smallest absolute Gasteiger partial charge is 0.317 e. The van der Waals surface area contributed by atoms with E-state index in [0.717, 1.165) is 56.0 Å². The summed E-state index contributed by atoms with van der Waals surface area (Å²) in [4.78, 5) is 31.7. The fraction of sp³-hybridized carbons (Fsp3) is 0.414. The largest absolute Gasteiger partial charge is 0.497 e. The molecule has 6 nitrogen and oxygen atoms in total. The molecular weight excluding hydrogens is 470 g/mol. The van der Waals surface area contributed by atoms with E-state index in [9.17, 15) is 9.59 Å². The number of nitrogens with one attached hydrogen (secondary N) is 1. The molecule has 0 bridgehead atoms. The van der Waals surface area contributed by atoms with Crippen LogP contribution in [0.25, 0.3) is 11.1 Å². The number of carbonyl (C=O) groups is 2. The van der Waals surface area contributed by atoms with Crippen molar-refractivity contribution in [1.82, 2.24) is 15.2 Å². The second kappa shape index (κ2) is 12.7. The van der Waals surface area contributed by atoms with Gasteiger partial charge in [-0.2, -0.15) is 0 Å². The third-order valence-corrected chi connectivity index (χ3v) is 7.72. The lowest BCUT2D eigenvalue weighted by atomic mass is 9.95. The Kier molecular flexibility index (Phi) is 9.11. The molecule has 0 atom stereocenters. The van der Waals surface area contributed by atoms with E-state index in [1.54, 1.807) is 18.4 Å². The summed E-state index contributed by atoms with van der Waals surface area (Å²) in [6.45, 7) is 4.22. The van der Waals surface area contributed by atoms with E-state index in [2.05, 4.69) is 36.5 Å². The summed E-state index contributed by atoms with van der Waals surface area (Å²) in [6, 6.07) is 16.5. The van der Waals surface area contributed by atoms with Crippen molar-refractivity contribution in [2.45, 2.75) is 51.4 Å². The molecule has 1 aromatic heterocycles. The van der Waals surface area contributed by atoms with Gasteiger partial charge in [0.1, 0.15) is 11.4 Å². The summed E-state index contributed by atoms with van der Waals surface area (Å²) >= 11 is 1.57. The van der Waals surface area contributed by atoms with Crippen molar-refractivity contribution in [2.75, 3.05) is 26.7 Å². The average molecular weight is 506 g/mol. The molecule has 0 spiro atoms. The molecule has 4 rings (SSSR count). The van der Waals surface area contributed by atoms with E-state index >= 15 is 0 Å². The van der Waals surface area contributed by atoms with Gasteiger partial charge >= 0.3 is 6.03 Å². The summed E-state index contributed by atoms with van der Waals surface area (Å²) in [5.74, 6) is 1.24. The molecule has 1 aliphatic heterocycles. The van der Waals surface area contributed by atoms with Crippen LogP contribution in [0.5, 0.6) is 5.75 Å². The minimum absolute atomic E-state index is 0.0248. The Balaban J connectivity index is 1.31. The van der Waals surface area contributed by atoms with Gasteiger partial charge in [-0.05, 0) is 60.9 Å². The minimum Gasteiger partial charge on any atom is -0.497 e. The number of methoxy groups -OCH3 is 1. The zero-order valence-electron chi connectivity index (χ0n) is 21.2. The maximum absolute atomic E-state index is 12.9. The number of amides is 2. The van der Waals surface area contributed by atoms with Gasteiger partial charge in [-0.15, -0.1) is 11.3 Å². The SMILES string of the molecule is CCCNC(=O)N1CCC(c2nc(C(=O)CCCc3cc(OC)ccc3-c3ccccc3)cs2)CC1. The Morgan fingerprint density at radius 3 is 2.64 bits per heavy atom. The van der Waals surface area contributed by atoms with Crippen LogP contribution in [-0.2, 0) is 6.42 Å². The van der Waals surface area contributed by atoms with Crippen molar-refractivity contribution in [2.24, 2.45) is 0 Å². The van der Waals surface area contributed by atoms with Crippen molar-refractivity contribution in [3.63, 3.8) is 0 Å². The lowest BCUT2D eigenvalue weighted by Gasteiger charge is -2.31. The molecule has 0 saturated carbocycles. The summed E-state index contributed by atoms with van der Waals surface area (Å²) in [6.07, 6.45) is 4.72. The summed E-state index contributed by atoms with van der Waals surface area (Å²) in [5, 5.41) is 5.87. The number of carbonyl (C=O) groups excluding carboxylic acids is 2. The number of rotatable bonds is 10. The van der Waals surface area contributed by atoms with Crippen LogP contribution in [0.15, 0.2) is 53.9 Å². The Labute approximate surface area is 217 Å². The molecule has 0 aliphatic carbocycles.